The second kappa shape index (κ2) is 3.07. The van der Waals surface area contributed by atoms with E-state index in [1.54, 1.807) is 0 Å². The van der Waals surface area contributed by atoms with Gasteiger partial charge in [0.15, 0.2) is 0 Å². The Labute approximate surface area is 76.6 Å². The molecule has 0 bridgehead atoms. The second-order valence-electron chi connectivity index (χ2n) is 3.06. The van der Waals surface area contributed by atoms with E-state index in [1.807, 2.05) is 36.4 Å². The Hall–Kier alpha value is -1.54. The predicted molar refractivity (Wildman–Crippen MR) is 54.3 cm³/mol. The van der Waals surface area contributed by atoms with Crippen molar-refractivity contribution in [3.8, 4) is 0 Å². The Kier molecular flexibility index (Phi) is 1.91. The first-order valence-electron chi connectivity index (χ1n) is 4.19. The molecule has 2 rings (SSSR count). The van der Waals surface area contributed by atoms with Gasteiger partial charge in [-0.25, -0.2) is 0 Å². The van der Waals surface area contributed by atoms with Crippen LogP contribution in [0, 0.1) is 0 Å². The summed E-state index contributed by atoms with van der Waals surface area (Å²) in [5, 5.41) is 11.1. The lowest BCUT2D eigenvalue weighted by molar-refractivity contribution is 0.282. The van der Waals surface area contributed by atoms with Gasteiger partial charge in [-0.15, -0.1) is 0 Å². The summed E-state index contributed by atoms with van der Waals surface area (Å²) >= 11 is 0. The number of nitrogens with two attached hydrogens (primary N) is 1. The number of fused-ring (bicyclic) bond motifs is 1. The Morgan fingerprint density at radius 1 is 1.15 bits per heavy atom. The van der Waals surface area contributed by atoms with E-state index in [0.717, 1.165) is 22.0 Å². The van der Waals surface area contributed by atoms with Crippen LogP contribution in [0.3, 0.4) is 0 Å². The van der Waals surface area contributed by atoms with Crippen molar-refractivity contribution in [2.24, 2.45) is 0 Å². The van der Waals surface area contributed by atoms with Crippen LogP contribution in [0.1, 0.15) is 5.56 Å². The van der Waals surface area contributed by atoms with E-state index in [9.17, 15) is 0 Å². The number of anilines is 1. The molecule has 0 aliphatic heterocycles. The molecule has 0 aliphatic carbocycles. The van der Waals surface area contributed by atoms with Gasteiger partial charge in [0.05, 0.1) is 6.61 Å². The van der Waals surface area contributed by atoms with Gasteiger partial charge in [-0.05, 0) is 23.1 Å². The molecule has 2 aromatic carbocycles. The van der Waals surface area contributed by atoms with Gasteiger partial charge < -0.3 is 10.8 Å². The molecule has 2 aromatic rings. The molecular weight excluding hydrogens is 162 g/mol. The van der Waals surface area contributed by atoms with Crippen LogP contribution in [-0.2, 0) is 6.61 Å². The van der Waals surface area contributed by atoms with Crippen LogP contribution in [-0.4, -0.2) is 5.11 Å². The Balaban J connectivity index is 2.74. The van der Waals surface area contributed by atoms with E-state index in [1.165, 1.54) is 0 Å². The SMILES string of the molecule is Nc1cccc2ccc(CO)cc12. The van der Waals surface area contributed by atoms with Gasteiger partial charge in [0.2, 0.25) is 0 Å². The maximum absolute atomic E-state index is 8.95. The molecule has 2 nitrogen and oxygen atoms in total. The average molecular weight is 173 g/mol. The van der Waals surface area contributed by atoms with Gasteiger partial charge in [-0.2, -0.15) is 0 Å². The van der Waals surface area contributed by atoms with Gasteiger partial charge in [0.1, 0.15) is 0 Å². The summed E-state index contributed by atoms with van der Waals surface area (Å²) in [4.78, 5) is 0. The Bertz CT molecular complexity index is 437. The minimum Gasteiger partial charge on any atom is -0.398 e. The van der Waals surface area contributed by atoms with Crippen molar-refractivity contribution in [3.63, 3.8) is 0 Å². The van der Waals surface area contributed by atoms with Crippen molar-refractivity contribution in [1.29, 1.82) is 0 Å². The van der Waals surface area contributed by atoms with Crippen molar-refractivity contribution in [2.45, 2.75) is 6.61 Å². The molecule has 0 saturated carbocycles. The number of hydrogen-bond acceptors (Lipinski definition) is 2. The number of nitrogen functional groups attached to an aromatic ring is 1. The molecule has 0 heterocycles. The predicted octanol–water partition coefficient (Wildman–Crippen LogP) is 1.91. The van der Waals surface area contributed by atoms with E-state index < -0.39 is 0 Å². The number of rotatable bonds is 1. The first-order valence-corrected chi connectivity index (χ1v) is 4.19. The molecule has 0 spiro atoms. The highest BCUT2D eigenvalue weighted by molar-refractivity contribution is 5.93. The molecule has 0 aliphatic rings. The standard InChI is InChI=1S/C11H11NO/c12-11-3-1-2-9-5-4-8(7-13)6-10(9)11/h1-6,13H,7,12H2. The molecular formula is C11H11NO. The van der Waals surface area contributed by atoms with E-state index in [4.69, 9.17) is 10.8 Å². The maximum Gasteiger partial charge on any atom is 0.0682 e. The molecule has 0 amide bonds. The fourth-order valence-corrected chi connectivity index (χ4v) is 1.44. The number of aliphatic hydroxyl groups excluding tert-OH is 1. The van der Waals surface area contributed by atoms with Crippen molar-refractivity contribution in [3.05, 3.63) is 42.0 Å². The van der Waals surface area contributed by atoms with Crippen molar-refractivity contribution >= 4 is 16.5 Å². The zero-order valence-electron chi connectivity index (χ0n) is 7.20. The zero-order valence-corrected chi connectivity index (χ0v) is 7.20. The van der Waals surface area contributed by atoms with Gasteiger partial charge in [-0.3, -0.25) is 0 Å². The number of benzene rings is 2. The highest BCUT2D eigenvalue weighted by atomic mass is 16.3. The van der Waals surface area contributed by atoms with Crippen molar-refractivity contribution in [1.82, 2.24) is 0 Å². The molecule has 0 unspecified atom stereocenters. The Morgan fingerprint density at radius 2 is 2.00 bits per heavy atom. The fraction of sp³-hybridized carbons (Fsp3) is 0.0909. The fourth-order valence-electron chi connectivity index (χ4n) is 1.44. The van der Waals surface area contributed by atoms with Crippen LogP contribution in [0.25, 0.3) is 10.8 Å². The lowest BCUT2D eigenvalue weighted by Crippen LogP contribution is -1.88. The third-order valence-electron chi connectivity index (χ3n) is 2.16. The quantitative estimate of drug-likeness (QED) is 0.647. The monoisotopic (exact) mass is 173 g/mol. The van der Waals surface area contributed by atoms with Crippen LogP contribution in [0.4, 0.5) is 5.69 Å². The summed E-state index contributed by atoms with van der Waals surface area (Å²) < 4.78 is 0. The number of hydrogen-bond donors (Lipinski definition) is 2. The summed E-state index contributed by atoms with van der Waals surface area (Å²) in [6.07, 6.45) is 0. The third-order valence-corrected chi connectivity index (χ3v) is 2.16. The summed E-state index contributed by atoms with van der Waals surface area (Å²) in [6, 6.07) is 11.6. The molecule has 0 aromatic heterocycles. The van der Waals surface area contributed by atoms with E-state index in [-0.39, 0.29) is 6.61 Å². The van der Waals surface area contributed by atoms with Crippen molar-refractivity contribution in [2.75, 3.05) is 5.73 Å². The minimum atomic E-state index is 0.0598. The van der Waals surface area contributed by atoms with Gasteiger partial charge in [-0.1, -0.05) is 24.3 Å². The van der Waals surface area contributed by atoms with Crippen molar-refractivity contribution < 1.29 is 5.11 Å². The molecule has 0 radical (unpaired) electrons. The van der Waals surface area contributed by atoms with Crippen LogP contribution in [0.15, 0.2) is 36.4 Å². The highest BCUT2D eigenvalue weighted by Crippen LogP contribution is 2.21. The summed E-state index contributed by atoms with van der Waals surface area (Å²) in [5.41, 5.74) is 7.45. The summed E-state index contributed by atoms with van der Waals surface area (Å²) in [7, 11) is 0. The van der Waals surface area contributed by atoms with Crippen LogP contribution in [0.5, 0.6) is 0 Å². The normalized spacial score (nSPS) is 10.5. The maximum atomic E-state index is 8.95. The minimum absolute atomic E-state index is 0.0598. The van der Waals surface area contributed by atoms with Gasteiger partial charge in [0, 0.05) is 11.1 Å². The number of aliphatic hydroxyl groups is 1. The first-order chi connectivity index (χ1) is 6.31. The topological polar surface area (TPSA) is 46.2 Å². The molecule has 2 heteroatoms. The Morgan fingerprint density at radius 3 is 2.77 bits per heavy atom. The summed E-state index contributed by atoms with van der Waals surface area (Å²) in [6.45, 7) is 0.0598. The van der Waals surface area contributed by atoms with Crippen LogP contribution < -0.4 is 5.73 Å². The molecule has 0 atom stereocenters. The zero-order chi connectivity index (χ0) is 9.26. The van der Waals surface area contributed by atoms with Gasteiger partial charge in [0.25, 0.3) is 0 Å². The molecule has 0 fully saturated rings. The van der Waals surface area contributed by atoms with Crippen LogP contribution in [0.2, 0.25) is 0 Å². The van der Waals surface area contributed by atoms with Gasteiger partial charge >= 0.3 is 0 Å². The highest BCUT2D eigenvalue weighted by Gasteiger charge is 1.97. The smallest absolute Gasteiger partial charge is 0.0682 e. The third kappa shape index (κ3) is 1.36. The van der Waals surface area contributed by atoms with E-state index in [0.29, 0.717) is 0 Å². The van der Waals surface area contributed by atoms with Crippen LogP contribution >= 0.6 is 0 Å². The molecule has 66 valence electrons. The second-order valence-corrected chi connectivity index (χ2v) is 3.06. The summed E-state index contributed by atoms with van der Waals surface area (Å²) in [5.74, 6) is 0. The molecule has 13 heavy (non-hydrogen) atoms. The lowest BCUT2D eigenvalue weighted by atomic mass is 10.1. The molecule has 3 N–H and O–H groups in total. The first kappa shape index (κ1) is 8.08. The average Bonchev–Trinajstić information content (AvgIpc) is 2.18. The molecule has 0 saturated heterocycles. The van der Waals surface area contributed by atoms with E-state index in [2.05, 4.69) is 0 Å². The van der Waals surface area contributed by atoms with E-state index >= 15 is 0 Å². The largest absolute Gasteiger partial charge is 0.398 e. The lowest BCUT2D eigenvalue weighted by Gasteiger charge is -2.03.